The molecule has 0 radical (unpaired) electrons. The van der Waals surface area contributed by atoms with Crippen molar-refractivity contribution in [2.45, 2.75) is 0 Å². The molecule has 0 bridgehead atoms. The molecule has 2 rings (SSSR count). The Hall–Kier alpha value is -3.01. The molecule has 0 aliphatic rings. The Labute approximate surface area is 154 Å². The summed E-state index contributed by atoms with van der Waals surface area (Å²) in [7, 11) is -2.89. The lowest BCUT2D eigenvalue weighted by atomic mass is 10.2. The Bertz CT molecular complexity index is 959. The number of hydrogen-bond donors (Lipinski definition) is 1. The molecule has 0 fully saturated rings. The van der Waals surface area contributed by atoms with E-state index in [1.807, 2.05) is 5.32 Å². The van der Waals surface area contributed by atoms with Gasteiger partial charge in [-0.3, -0.25) is 9.10 Å². The van der Waals surface area contributed by atoms with E-state index in [2.05, 4.69) is 4.74 Å². The summed E-state index contributed by atoms with van der Waals surface area (Å²) >= 11 is 0. The molecule has 1 N–H and O–H groups in total. The maximum atomic E-state index is 13.7. The van der Waals surface area contributed by atoms with Crippen LogP contribution in [0.4, 0.5) is 20.2 Å². The maximum absolute atomic E-state index is 13.7. The number of nitrogens with zero attached hydrogens (tertiary/aromatic N) is 1. The summed E-state index contributed by atoms with van der Waals surface area (Å²) in [4.78, 5) is 24.1. The molecule has 0 heterocycles. The van der Waals surface area contributed by atoms with Crippen molar-refractivity contribution in [3.63, 3.8) is 0 Å². The SMILES string of the molecule is COC(=O)c1ccccc1N(CC(=O)Nc1c(F)cccc1F)S(C)(=O)=O. The first-order valence-electron chi connectivity index (χ1n) is 7.54. The van der Waals surface area contributed by atoms with Gasteiger partial charge in [0.15, 0.2) is 0 Å². The van der Waals surface area contributed by atoms with Gasteiger partial charge in [0.05, 0.1) is 24.6 Å². The number of carbonyl (C=O) groups excluding carboxylic acids is 2. The average molecular weight is 398 g/mol. The van der Waals surface area contributed by atoms with E-state index >= 15 is 0 Å². The molecule has 0 saturated heterocycles. The third-order valence-corrected chi connectivity index (χ3v) is 4.62. The number of rotatable bonds is 6. The highest BCUT2D eigenvalue weighted by Gasteiger charge is 2.26. The van der Waals surface area contributed by atoms with Gasteiger partial charge in [0.1, 0.15) is 23.9 Å². The van der Waals surface area contributed by atoms with E-state index in [0.29, 0.717) is 4.31 Å². The molecule has 7 nitrogen and oxygen atoms in total. The number of hydrogen-bond acceptors (Lipinski definition) is 5. The Balaban J connectivity index is 2.37. The zero-order chi connectivity index (χ0) is 20.2. The van der Waals surface area contributed by atoms with Crippen molar-refractivity contribution < 1.29 is 31.5 Å². The van der Waals surface area contributed by atoms with E-state index in [0.717, 1.165) is 31.6 Å². The summed E-state index contributed by atoms with van der Waals surface area (Å²) in [5.41, 5.74) is -0.886. The van der Waals surface area contributed by atoms with Gasteiger partial charge in [-0.2, -0.15) is 0 Å². The van der Waals surface area contributed by atoms with Crippen molar-refractivity contribution in [3.05, 3.63) is 59.7 Å². The standard InChI is InChI=1S/C17H16F2N2O5S/c1-26-17(23)11-6-3-4-9-14(11)21(27(2,24)25)10-15(22)20-16-12(18)7-5-8-13(16)19/h3-9H,10H2,1-2H3,(H,20,22). The van der Waals surface area contributed by atoms with Crippen LogP contribution >= 0.6 is 0 Å². The fraction of sp³-hybridized carbons (Fsp3) is 0.176. The fourth-order valence-electron chi connectivity index (χ4n) is 2.28. The molecule has 0 spiro atoms. The monoisotopic (exact) mass is 398 g/mol. The minimum absolute atomic E-state index is 0.0877. The number of carbonyl (C=O) groups is 2. The quantitative estimate of drug-likeness (QED) is 0.753. The number of ether oxygens (including phenoxy) is 1. The second kappa shape index (κ2) is 8.12. The predicted octanol–water partition coefficient (Wildman–Crippen LogP) is 2.16. The van der Waals surface area contributed by atoms with E-state index in [1.54, 1.807) is 0 Å². The van der Waals surface area contributed by atoms with Gasteiger partial charge in [-0.05, 0) is 24.3 Å². The lowest BCUT2D eigenvalue weighted by Crippen LogP contribution is -2.38. The predicted molar refractivity (Wildman–Crippen MR) is 95.0 cm³/mol. The van der Waals surface area contributed by atoms with E-state index in [9.17, 15) is 26.8 Å². The molecule has 0 aliphatic heterocycles. The lowest BCUT2D eigenvalue weighted by molar-refractivity contribution is -0.114. The van der Waals surface area contributed by atoms with Crippen molar-refractivity contribution in [3.8, 4) is 0 Å². The van der Waals surface area contributed by atoms with E-state index in [4.69, 9.17) is 0 Å². The lowest BCUT2D eigenvalue weighted by Gasteiger charge is -2.23. The van der Waals surface area contributed by atoms with Crippen LogP contribution in [0.5, 0.6) is 0 Å². The molecular weight excluding hydrogens is 382 g/mol. The van der Waals surface area contributed by atoms with Crippen LogP contribution in [-0.2, 0) is 19.6 Å². The van der Waals surface area contributed by atoms with Crippen molar-refractivity contribution in [1.82, 2.24) is 0 Å². The van der Waals surface area contributed by atoms with Gasteiger partial charge >= 0.3 is 5.97 Å². The highest BCUT2D eigenvalue weighted by molar-refractivity contribution is 7.92. The number of nitrogens with one attached hydrogen (secondary N) is 1. The molecule has 10 heteroatoms. The molecule has 0 saturated carbocycles. The summed E-state index contributed by atoms with van der Waals surface area (Å²) < 4.78 is 56.9. The molecular formula is C17H16F2N2O5S. The summed E-state index contributed by atoms with van der Waals surface area (Å²) in [5.74, 6) is -3.82. The summed E-state index contributed by atoms with van der Waals surface area (Å²) in [6.45, 7) is -0.805. The number of esters is 1. The molecule has 0 aliphatic carbocycles. The average Bonchev–Trinajstić information content (AvgIpc) is 2.61. The minimum atomic E-state index is -4.01. The molecule has 27 heavy (non-hydrogen) atoms. The summed E-state index contributed by atoms with van der Waals surface area (Å²) in [6, 6.07) is 8.60. The molecule has 0 unspecified atom stereocenters. The fourth-order valence-corrected chi connectivity index (χ4v) is 3.15. The van der Waals surface area contributed by atoms with Gasteiger partial charge in [0.25, 0.3) is 0 Å². The second-order valence-electron chi connectivity index (χ2n) is 5.42. The molecule has 0 aromatic heterocycles. The number of amides is 1. The third-order valence-electron chi connectivity index (χ3n) is 3.49. The van der Waals surface area contributed by atoms with Crippen LogP contribution in [0.1, 0.15) is 10.4 Å². The number of halogens is 2. The van der Waals surface area contributed by atoms with Crippen molar-refractivity contribution in [2.75, 3.05) is 29.5 Å². The molecule has 0 atom stereocenters. The largest absolute Gasteiger partial charge is 0.465 e. The summed E-state index contributed by atoms with van der Waals surface area (Å²) in [5, 5.41) is 2.00. The minimum Gasteiger partial charge on any atom is -0.465 e. The number of sulfonamides is 1. The first-order chi connectivity index (χ1) is 12.6. The first-order valence-corrected chi connectivity index (χ1v) is 9.39. The van der Waals surface area contributed by atoms with Crippen LogP contribution in [0.3, 0.4) is 0 Å². The molecule has 2 aromatic carbocycles. The number of anilines is 2. The van der Waals surface area contributed by atoms with Crippen molar-refractivity contribution in [2.24, 2.45) is 0 Å². The highest BCUT2D eigenvalue weighted by atomic mass is 32.2. The van der Waals surface area contributed by atoms with E-state index in [-0.39, 0.29) is 11.3 Å². The van der Waals surface area contributed by atoms with Crippen molar-refractivity contribution >= 4 is 33.3 Å². The van der Waals surface area contributed by atoms with E-state index < -0.39 is 45.8 Å². The molecule has 1 amide bonds. The van der Waals surface area contributed by atoms with Crippen LogP contribution in [0.25, 0.3) is 0 Å². The Kier molecular flexibility index (Phi) is 6.11. The van der Waals surface area contributed by atoms with Gasteiger partial charge in [-0.15, -0.1) is 0 Å². The van der Waals surface area contributed by atoms with E-state index in [1.165, 1.54) is 24.3 Å². The highest BCUT2D eigenvalue weighted by Crippen LogP contribution is 2.24. The topological polar surface area (TPSA) is 92.8 Å². The smallest absolute Gasteiger partial charge is 0.340 e. The number of methoxy groups -OCH3 is 1. The van der Waals surface area contributed by atoms with Gasteiger partial charge in [0.2, 0.25) is 15.9 Å². The molecule has 2 aromatic rings. The zero-order valence-electron chi connectivity index (χ0n) is 14.4. The maximum Gasteiger partial charge on any atom is 0.340 e. The first kappa shape index (κ1) is 20.3. The number of benzene rings is 2. The van der Waals surface area contributed by atoms with Crippen LogP contribution in [0, 0.1) is 11.6 Å². The third kappa shape index (κ3) is 4.79. The van der Waals surface area contributed by atoms with Gasteiger partial charge in [-0.25, -0.2) is 22.0 Å². The van der Waals surface area contributed by atoms with Crippen LogP contribution in [0.15, 0.2) is 42.5 Å². The zero-order valence-corrected chi connectivity index (χ0v) is 15.2. The normalized spacial score (nSPS) is 11.0. The Morgan fingerprint density at radius 3 is 2.22 bits per heavy atom. The Morgan fingerprint density at radius 1 is 1.07 bits per heavy atom. The van der Waals surface area contributed by atoms with Gasteiger partial charge < -0.3 is 10.1 Å². The summed E-state index contributed by atoms with van der Waals surface area (Å²) in [6.07, 6.45) is 0.831. The second-order valence-corrected chi connectivity index (χ2v) is 7.33. The Morgan fingerprint density at radius 2 is 1.67 bits per heavy atom. The van der Waals surface area contributed by atoms with Gasteiger partial charge in [0, 0.05) is 0 Å². The van der Waals surface area contributed by atoms with Crippen LogP contribution in [0.2, 0.25) is 0 Å². The molecule has 144 valence electrons. The number of para-hydroxylation sites is 2. The van der Waals surface area contributed by atoms with Gasteiger partial charge in [-0.1, -0.05) is 18.2 Å². The van der Waals surface area contributed by atoms with Crippen LogP contribution in [-0.4, -0.2) is 40.2 Å². The van der Waals surface area contributed by atoms with Crippen LogP contribution < -0.4 is 9.62 Å². The van der Waals surface area contributed by atoms with Crippen molar-refractivity contribution in [1.29, 1.82) is 0 Å².